The number of hydrogen-bond acceptors (Lipinski definition) is 3. The highest BCUT2D eigenvalue weighted by molar-refractivity contribution is 5.17. The maximum Gasteiger partial charge on any atom is 0.117 e. The Morgan fingerprint density at radius 2 is 1.95 bits per heavy atom. The summed E-state index contributed by atoms with van der Waals surface area (Å²) in [6.45, 7) is 4.22. The maximum atomic E-state index is 5.98. The lowest BCUT2D eigenvalue weighted by Gasteiger charge is -2.43. The van der Waals surface area contributed by atoms with Crippen LogP contribution in [0.15, 0.2) is 16.5 Å². The summed E-state index contributed by atoms with van der Waals surface area (Å²) >= 11 is 0. The van der Waals surface area contributed by atoms with Gasteiger partial charge in [0.15, 0.2) is 0 Å². The Labute approximate surface area is 129 Å². The van der Waals surface area contributed by atoms with E-state index in [2.05, 4.69) is 43.4 Å². The summed E-state index contributed by atoms with van der Waals surface area (Å²) in [5.74, 6) is 3.79. The van der Waals surface area contributed by atoms with Crippen molar-refractivity contribution in [3.05, 3.63) is 23.7 Å². The van der Waals surface area contributed by atoms with Gasteiger partial charge < -0.3 is 14.6 Å². The molecule has 2 aliphatic rings. The normalized spacial score (nSPS) is 28.0. The van der Waals surface area contributed by atoms with E-state index in [9.17, 15) is 0 Å². The van der Waals surface area contributed by atoms with Gasteiger partial charge in [0, 0.05) is 18.0 Å². The first-order valence-electron chi connectivity index (χ1n) is 8.57. The lowest BCUT2D eigenvalue weighted by atomic mass is 9.80. The van der Waals surface area contributed by atoms with Crippen LogP contribution < -0.4 is 5.32 Å². The quantitative estimate of drug-likeness (QED) is 0.865. The second kappa shape index (κ2) is 6.13. The van der Waals surface area contributed by atoms with Crippen molar-refractivity contribution < 1.29 is 4.42 Å². The maximum absolute atomic E-state index is 5.98. The Hall–Kier alpha value is -0.800. The van der Waals surface area contributed by atoms with Crippen LogP contribution in [0, 0.1) is 5.92 Å². The van der Waals surface area contributed by atoms with E-state index in [1.165, 1.54) is 44.3 Å². The van der Waals surface area contributed by atoms with Crippen molar-refractivity contribution >= 4 is 0 Å². The minimum Gasteiger partial charge on any atom is -0.464 e. The van der Waals surface area contributed by atoms with E-state index < -0.39 is 0 Å². The van der Waals surface area contributed by atoms with Gasteiger partial charge in [-0.3, -0.25) is 0 Å². The van der Waals surface area contributed by atoms with Crippen LogP contribution in [0.5, 0.6) is 0 Å². The van der Waals surface area contributed by atoms with Gasteiger partial charge >= 0.3 is 0 Å². The Morgan fingerprint density at radius 3 is 2.57 bits per heavy atom. The molecule has 118 valence electrons. The van der Waals surface area contributed by atoms with E-state index in [0.29, 0.717) is 11.5 Å². The predicted octanol–water partition coefficient (Wildman–Crippen LogP) is 3.76. The molecule has 3 rings (SSSR count). The Kier molecular flexibility index (Phi) is 4.41. The smallest absolute Gasteiger partial charge is 0.117 e. The Bertz CT molecular complexity index is 460. The van der Waals surface area contributed by atoms with E-state index in [4.69, 9.17) is 4.42 Å². The molecule has 3 nitrogen and oxygen atoms in total. The molecule has 2 unspecified atom stereocenters. The Morgan fingerprint density at radius 1 is 1.24 bits per heavy atom. The van der Waals surface area contributed by atoms with Crippen LogP contribution in [0.2, 0.25) is 0 Å². The van der Waals surface area contributed by atoms with Gasteiger partial charge in [-0.05, 0) is 51.4 Å². The zero-order chi connectivity index (χ0) is 14.9. The Balaban J connectivity index is 1.51. The molecule has 0 aromatic carbocycles. The van der Waals surface area contributed by atoms with E-state index >= 15 is 0 Å². The number of nitrogens with zero attached hydrogens (tertiary/aromatic N) is 1. The van der Waals surface area contributed by atoms with Crippen molar-refractivity contribution in [1.82, 2.24) is 10.2 Å². The third-order valence-electron chi connectivity index (χ3n) is 5.64. The van der Waals surface area contributed by atoms with E-state index in [1.54, 1.807) is 0 Å². The highest BCUT2D eigenvalue weighted by Gasteiger charge is 2.37. The average molecular weight is 290 g/mol. The predicted molar refractivity (Wildman–Crippen MR) is 86.4 cm³/mol. The standard InChI is InChI=1S/C18H30N2O/c1-14-11-16(14)17-8-7-15(21-17)12-19-13-18(20(2)3)9-5-4-6-10-18/h7-8,14,16,19H,4-6,9-13H2,1-3H3. The summed E-state index contributed by atoms with van der Waals surface area (Å²) in [7, 11) is 4.46. The van der Waals surface area contributed by atoms with Crippen LogP contribution in [0.3, 0.4) is 0 Å². The molecular formula is C18H30N2O. The van der Waals surface area contributed by atoms with Gasteiger partial charge in [0.25, 0.3) is 0 Å². The first-order chi connectivity index (χ1) is 10.1. The molecule has 3 heteroatoms. The molecule has 0 aliphatic heterocycles. The summed E-state index contributed by atoms with van der Waals surface area (Å²) in [5.41, 5.74) is 0.346. The number of hydrogen-bond donors (Lipinski definition) is 1. The van der Waals surface area contributed by atoms with E-state index in [1.807, 2.05) is 0 Å². The summed E-state index contributed by atoms with van der Waals surface area (Å²) in [6, 6.07) is 4.32. The molecule has 0 radical (unpaired) electrons. The number of rotatable bonds is 6. The molecule has 0 bridgehead atoms. The minimum absolute atomic E-state index is 0.346. The average Bonchev–Trinajstić information content (AvgIpc) is 3.02. The van der Waals surface area contributed by atoms with Gasteiger partial charge in [0.2, 0.25) is 0 Å². The van der Waals surface area contributed by atoms with Crippen LogP contribution in [-0.4, -0.2) is 31.1 Å². The summed E-state index contributed by atoms with van der Waals surface area (Å²) in [4.78, 5) is 2.43. The van der Waals surface area contributed by atoms with Crippen molar-refractivity contribution in [2.24, 2.45) is 5.92 Å². The van der Waals surface area contributed by atoms with Gasteiger partial charge in [-0.15, -0.1) is 0 Å². The molecule has 1 heterocycles. The van der Waals surface area contributed by atoms with Crippen molar-refractivity contribution in [3.8, 4) is 0 Å². The molecule has 2 aliphatic carbocycles. The molecule has 2 atom stereocenters. The molecule has 0 saturated heterocycles. The summed E-state index contributed by atoms with van der Waals surface area (Å²) in [5, 5.41) is 3.64. The highest BCUT2D eigenvalue weighted by Crippen LogP contribution is 2.47. The van der Waals surface area contributed by atoms with Gasteiger partial charge in [-0.1, -0.05) is 26.2 Å². The van der Waals surface area contributed by atoms with Gasteiger partial charge in [0.1, 0.15) is 11.5 Å². The minimum atomic E-state index is 0.346. The van der Waals surface area contributed by atoms with Gasteiger partial charge in [0.05, 0.1) is 6.54 Å². The molecule has 1 aromatic rings. The first kappa shape index (κ1) is 15.1. The third kappa shape index (κ3) is 3.35. The third-order valence-corrected chi connectivity index (χ3v) is 5.64. The molecule has 0 spiro atoms. The number of furan rings is 1. The molecule has 1 aromatic heterocycles. The number of nitrogens with one attached hydrogen (secondary N) is 1. The second-order valence-electron chi connectivity index (χ2n) is 7.41. The molecular weight excluding hydrogens is 260 g/mol. The second-order valence-corrected chi connectivity index (χ2v) is 7.41. The topological polar surface area (TPSA) is 28.4 Å². The van der Waals surface area contributed by atoms with Crippen molar-refractivity contribution in [2.75, 3.05) is 20.6 Å². The zero-order valence-electron chi connectivity index (χ0n) is 13.8. The lowest BCUT2D eigenvalue weighted by Crippen LogP contribution is -2.52. The first-order valence-corrected chi connectivity index (χ1v) is 8.57. The van der Waals surface area contributed by atoms with Gasteiger partial charge in [-0.25, -0.2) is 0 Å². The largest absolute Gasteiger partial charge is 0.464 e. The zero-order valence-corrected chi connectivity index (χ0v) is 13.8. The molecule has 0 amide bonds. The van der Waals surface area contributed by atoms with Crippen molar-refractivity contribution in [3.63, 3.8) is 0 Å². The molecule has 2 fully saturated rings. The van der Waals surface area contributed by atoms with Crippen molar-refractivity contribution in [2.45, 2.75) is 63.5 Å². The van der Waals surface area contributed by atoms with E-state index in [-0.39, 0.29) is 0 Å². The van der Waals surface area contributed by atoms with Crippen LogP contribution >= 0.6 is 0 Å². The van der Waals surface area contributed by atoms with Crippen LogP contribution in [0.25, 0.3) is 0 Å². The number of likely N-dealkylation sites (N-methyl/N-ethyl adjacent to an activating group) is 1. The fraction of sp³-hybridized carbons (Fsp3) is 0.778. The van der Waals surface area contributed by atoms with E-state index in [0.717, 1.165) is 24.8 Å². The van der Waals surface area contributed by atoms with Crippen LogP contribution in [0.4, 0.5) is 0 Å². The highest BCUT2D eigenvalue weighted by atomic mass is 16.3. The van der Waals surface area contributed by atoms with Gasteiger partial charge in [-0.2, -0.15) is 0 Å². The van der Waals surface area contributed by atoms with Crippen LogP contribution in [0.1, 0.15) is 62.9 Å². The molecule has 1 N–H and O–H groups in total. The summed E-state index contributed by atoms with van der Waals surface area (Å²) in [6.07, 6.45) is 8.06. The fourth-order valence-corrected chi connectivity index (χ4v) is 3.82. The summed E-state index contributed by atoms with van der Waals surface area (Å²) < 4.78 is 5.98. The molecule has 21 heavy (non-hydrogen) atoms. The van der Waals surface area contributed by atoms with Crippen molar-refractivity contribution in [1.29, 1.82) is 0 Å². The lowest BCUT2D eigenvalue weighted by molar-refractivity contribution is 0.0977. The fourth-order valence-electron chi connectivity index (χ4n) is 3.82. The monoisotopic (exact) mass is 290 g/mol. The molecule has 2 saturated carbocycles. The SMILES string of the molecule is CC1CC1c1ccc(CNCC2(N(C)C)CCCCC2)o1. The van der Waals surface area contributed by atoms with Crippen LogP contribution in [-0.2, 0) is 6.54 Å².